The fourth-order valence-corrected chi connectivity index (χ4v) is 5.42. The summed E-state index contributed by atoms with van der Waals surface area (Å²) in [5.41, 5.74) is 4.30. The van der Waals surface area contributed by atoms with E-state index >= 15 is 0 Å². The van der Waals surface area contributed by atoms with Gasteiger partial charge in [0.15, 0.2) is 5.78 Å². The molecule has 3 aliphatic rings. The van der Waals surface area contributed by atoms with Crippen LogP contribution in [0.4, 0.5) is 0 Å². The average Bonchev–Trinajstić information content (AvgIpc) is 3.11. The molecule has 0 bridgehead atoms. The van der Waals surface area contributed by atoms with E-state index in [1.807, 2.05) is 0 Å². The fourth-order valence-electron chi connectivity index (χ4n) is 5.42. The van der Waals surface area contributed by atoms with Crippen molar-refractivity contribution in [3.8, 4) is 0 Å². The van der Waals surface area contributed by atoms with E-state index in [0.29, 0.717) is 11.6 Å². The average molecular weight is 361 g/mol. The Morgan fingerprint density at radius 2 is 1.78 bits per heavy atom. The van der Waals surface area contributed by atoms with Crippen LogP contribution < -0.4 is 0 Å². The van der Waals surface area contributed by atoms with Crippen molar-refractivity contribution in [3.63, 3.8) is 0 Å². The summed E-state index contributed by atoms with van der Waals surface area (Å²) in [6.45, 7) is 0. The molecule has 3 heteroatoms. The lowest BCUT2D eigenvalue weighted by Crippen LogP contribution is -2.38. The van der Waals surface area contributed by atoms with Gasteiger partial charge in [-0.1, -0.05) is 68.2 Å². The highest BCUT2D eigenvalue weighted by Gasteiger charge is 2.42. The number of nitrogens with one attached hydrogen (secondary N) is 1. The molecule has 2 aromatic rings. The summed E-state index contributed by atoms with van der Waals surface area (Å²) in [6, 6.07) is 11.0. The Balaban J connectivity index is 1.53. The molecule has 140 valence electrons. The van der Waals surface area contributed by atoms with Gasteiger partial charge >= 0.3 is 0 Å². The first kappa shape index (κ1) is 17.0. The topological polar surface area (TPSA) is 45.8 Å². The smallest absolute Gasteiger partial charge is 0.186 e. The third-order valence-corrected chi connectivity index (χ3v) is 7.25. The van der Waals surface area contributed by atoms with Gasteiger partial charge in [-0.05, 0) is 37.2 Å². The second-order valence-electron chi connectivity index (χ2n) is 8.71. The number of aromatic amines is 1. The SMILES string of the molecule is O=C(c1n[nH]c2c1C=CC(c1ccccc1)(C1CCCCC1)C2)C1CCC1. The van der Waals surface area contributed by atoms with E-state index in [0.717, 1.165) is 30.5 Å². The van der Waals surface area contributed by atoms with E-state index in [2.05, 4.69) is 52.7 Å². The number of benzene rings is 1. The maximum Gasteiger partial charge on any atom is 0.186 e. The van der Waals surface area contributed by atoms with Crippen LogP contribution in [-0.4, -0.2) is 16.0 Å². The lowest BCUT2D eigenvalue weighted by atomic mass is 9.61. The van der Waals surface area contributed by atoms with E-state index in [4.69, 9.17) is 0 Å². The monoisotopic (exact) mass is 360 g/mol. The molecule has 2 saturated carbocycles. The number of carbonyl (C=O) groups is 1. The molecule has 1 aromatic heterocycles. The van der Waals surface area contributed by atoms with Crippen LogP contribution in [0.3, 0.4) is 0 Å². The molecule has 1 atom stereocenters. The molecule has 0 radical (unpaired) electrons. The molecule has 1 unspecified atom stereocenters. The van der Waals surface area contributed by atoms with Crippen molar-refractivity contribution in [1.82, 2.24) is 10.2 Å². The number of H-pyrrole nitrogens is 1. The quantitative estimate of drug-likeness (QED) is 0.734. The predicted octanol–water partition coefficient (Wildman–Crippen LogP) is 5.48. The van der Waals surface area contributed by atoms with Crippen molar-refractivity contribution >= 4 is 11.9 Å². The number of hydrogen-bond donors (Lipinski definition) is 1. The second kappa shape index (κ2) is 6.78. The highest BCUT2D eigenvalue weighted by atomic mass is 16.1. The Hall–Kier alpha value is -2.16. The Morgan fingerprint density at radius 3 is 2.48 bits per heavy atom. The summed E-state index contributed by atoms with van der Waals surface area (Å²) in [6.07, 6.45) is 15.4. The van der Waals surface area contributed by atoms with Crippen LogP contribution in [0.1, 0.15) is 78.7 Å². The van der Waals surface area contributed by atoms with Gasteiger partial charge in [-0.2, -0.15) is 5.10 Å². The summed E-state index contributed by atoms with van der Waals surface area (Å²) in [5, 5.41) is 7.73. The second-order valence-corrected chi connectivity index (χ2v) is 8.71. The first-order valence-corrected chi connectivity index (χ1v) is 10.6. The van der Waals surface area contributed by atoms with Crippen molar-refractivity contribution < 1.29 is 4.79 Å². The molecule has 1 N–H and O–H groups in total. The number of aromatic nitrogens is 2. The number of Topliss-reactive ketones (excluding diaryl/α,β-unsaturated/α-hetero) is 1. The molecule has 0 saturated heterocycles. The zero-order valence-corrected chi connectivity index (χ0v) is 15.9. The summed E-state index contributed by atoms with van der Waals surface area (Å²) in [4.78, 5) is 12.8. The number of ketones is 1. The molecular weight excluding hydrogens is 332 g/mol. The van der Waals surface area contributed by atoms with Crippen LogP contribution in [0.5, 0.6) is 0 Å². The lowest BCUT2D eigenvalue weighted by Gasteiger charge is -2.43. The molecule has 0 aliphatic heterocycles. The van der Waals surface area contributed by atoms with E-state index in [1.54, 1.807) is 0 Å². The van der Waals surface area contributed by atoms with E-state index in [9.17, 15) is 4.79 Å². The van der Waals surface area contributed by atoms with Gasteiger partial charge in [0.05, 0.1) is 0 Å². The standard InChI is InChI=1S/C24H28N2O/c27-23(17-8-7-9-17)22-20-14-15-24(16-21(20)25-26-22,18-10-3-1-4-11-18)19-12-5-2-6-13-19/h1,3-4,10-11,14-15,17,19H,2,5-9,12-13,16H2,(H,25,26). The normalized spacial score (nSPS) is 25.8. The molecule has 3 aliphatic carbocycles. The zero-order chi connectivity index (χ0) is 18.3. The largest absolute Gasteiger partial charge is 0.292 e. The van der Waals surface area contributed by atoms with Crippen molar-refractivity contribution in [2.45, 2.75) is 63.2 Å². The maximum atomic E-state index is 12.8. The minimum atomic E-state index is 0.0258. The number of hydrogen-bond acceptors (Lipinski definition) is 2. The highest BCUT2D eigenvalue weighted by molar-refractivity contribution is 6.00. The number of nitrogens with zero attached hydrogens (tertiary/aromatic N) is 1. The number of rotatable bonds is 4. The Bertz CT molecular complexity index is 856. The van der Waals surface area contributed by atoms with Gasteiger partial charge < -0.3 is 0 Å². The van der Waals surface area contributed by atoms with Crippen LogP contribution in [0.15, 0.2) is 36.4 Å². The Labute approximate surface area is 161 Å². The van der Waals surface area contributed by atoms with Crippen molar-refractivity contribution in [1.29, 1.82) is 0 Å². The molecule has 27 heavy (non-hydrogen) atoms. The number of carbonyl (C=O) groups excluding carboxylic acids is 1. The first-order valence-electron chi connectivity index (χ1n) is 10.6. The van der Waals surface area contributed by atoms with Gasteiger partial charge in [-0.15, -0.1) is 0 Å². The van der Waals surface area contributed by atoms with Gasteiger partial charge in [-0.25, -0.2) is 0 Å². The molecule has 3 nitrogen and oxygen atoms in total. The molecule has 2 fully saturated rings. The lowest BCUT2D eigenvalue weighted by molar-refractivity contribution is 0.0849. The molecule has 0 amide bonds. The summed E-state index contributed by atoms with van der Waals surface area (Å²) in [5.74, 6) is 1.10. The van der Waals surface area contributed by atoms with E-state index < -0.39 is 0 Å². The number of fused-ring (bicyclic) bond motifs is 1. The third kappa shape index (κ3) is 2.79. The molecule has 0 spiro atoms. The molecular formula is C24H28N2O. The van der Waals surface area contributed by atoms with Crippen LogP contribution in [0.2, 0.25) is 0 Å². The van der Waals surface area contributed by atoms with Crippen molar-refractivity contribution in [3.05, 3.63) is 58.9 Å². The van der Waals surface area contributed by atoms with E-state index in [-0.39, 0.29) is 17.1 Å². The van der Waals surface area contributed by atoms with Gasteiger partial charge in [0.2, 0.25) is 0 Å². The van der Waals surface area contributed by atoms with Gasteiger partial charge in [0.25, 0.3) is 0 Å². The van der Waals surface area contributed by atoms with Crippen LogP contribution in [-0.2, 0) is 11.8 Å². The Morgan fingerprint density at radius 1 is 1.00 bits per heavy atom. The van der Waals surface area contributed by atoms with E-state index in [1.165, 1.54) is 44.1 Å². The fraction of sp³-hybridized carbons (Fsp3) is 0.500. The van der Waals surface area contributed by atoms with Crippen LogP contribution in [0.25, 0.3) is 6.08 Å². The third-order valence-electron chi connectivity index (χ3n) is 7.25. The molecule has 1 aromatic carbocycles. The maximum absolute atomic E-state index is 12.8. The highest BCUT2D eigenvalue weighted by Crippen LogP contribution is 2.47. The van der Waals surface area contributed by atoms with Crippen LogP contribution in [0, 0.1) is 11.8 Å². The number of allylic oxidation sites excluding steroid dienone is 1. The van der Waals surface area contributed by atoms with Crippen molar-refractivity contribution in [2.24, 2.45) is 11.8 Å². The van der Waals surface area contributed by atoms with Gasteiger partial charge in [0, 0.05) is 29.0 Å². The zero-order valence-electron chi connectivity index (χ0n) is 15.9. The first-order chi connectivity index (χ1) is 13.3. The molecule has 5 rings (SSSR count). The van der Waals surface area contributed by atoms with Crippen molar-refractivity contribution in [2.75, 3.05) is 0 Å². The summed E-state index contributed by atoms with van der Waals surface area (Å²) >= 11 is 0. The summed E-state index contributed by atoms with van der Waals surface area (Å²) in [7, 11) is 0. The van der Waals surface area contributed by atoms with Gasteiger partial charge in [-0.3, -0.25) is 9.89 Å². The van der Waals surface area contributed by atoms with Gasteiger partial charge in [0.1, 0.15) is 5.69 Å². The summed E-state index contributed by atoms with van der Waals surface area (Å²) < 4.78 is 0. The predicted molar refractivity (Wildman–Crippen MR) is 108 cm³/mol. The molecule has 1 heterocycles. The van der Waals surface area contributed by atoms with Crippen LogP contribution >= 0.6 is 0 Å². The minimum absolute atomic E-state index is 0.0258. The Kier molecular flexibility index (Phi) is 4.26. The minimum Gasteiger partial charge on any atom is -0.292 e.